The van der Waals surface area contributed by atoms with Crippen molar-refractivity contribution in [2.45, 2.75) is 23.1 Å². The average Bonchev–Trinajstić information content (AvgIpc) is 2.73. The van der Waals surface area contributed by atoms with Gasteiger partial charge in [0, 0.05) is 29.4 Å². The molecular formula is C13H17N3S. The van der Waals surface area contributed by atoms with Crippen LogP contribution in [0.25, 0.3) is 0 Å². The number of hydrogen-bond donors (Lipinski definition) is 1. The summed E-state index contributed by atoms with van der Waals surface area (Å²) in [5.41, 5.74) is 7.34. The van der Waals surface area contributed by atoms with Crippen LogP contribution in [0.1, 0.15) is 17.7 Å². The Bertz CT molecular complexity index is 465. The van der Waals surface area contributed by atoms with Gasteiger partial charge < -0.3 is 5.73 Å². The molecule has 2 unspecified atom stereocenters. The van der Waals surface area contributed by atoms with Gasteiger partial charge in [0.25, 0.3) is 0 Å². The van der Waals surface area contributed by atoms with Gasteiger partial charge >= 0.3 is 0 Å². The molecule has 0 aliphatic rings. The number of aryl methyl sites for hydroxylation is 1. The summed E-state index contributed by atoms with van der Waals surface area (Å²) in [6.07, 6.45) is 3.89. The standard InChI is InChI=1S/C13H17N3S/c1-10(14)13(11-6-4-3-5-7-11)17-12-8-15-16(2)9-12/h3-10,13H,14H2,1-2H3. The summed E-state index contributed by atoms with van der Waals surface area (Å²) < 4.78 is 1.81. The molecule has 1 aromatic carbocycles. The molecule has 0 aliphatic carbocycles. The number of nitrogens with zero attached hydrogens (tertiary/aromatic N) is 2. The maximum atomic E-state index is 6.08. The Labute approximate surface area is 106 Å². The zero-order valence-corrected chi connectivity index (χ0v) is 10.9. The number of rotatable bonds is 4. The first-order valence-corrected chi connectivity index (χ1v) is 6.50. The van der Waals surface area contributed by atoms with Crippen molar-refractivity contribution in [1.82, 2.24) is 9.78 Å². The third-order valence-corrected chi connectivity index (χ3v) is 3.99. The minimum Gasteiger partial charge on any atom is -0.327 e. The van der Waals surface area contributed by atoms with E-state index in [4.69, 9.17) is 5.73 Å². The van der Waals surface area contributed by atoms with E-state index in [0.29, 0.717) is 0 Å². The van der Waals surface area contributed by atoms with Crippen LogP contribution in [0.2, 0.25) is 0 Å². The van der Waals surface area contributed by atoms with Crippen LogP contribution in [0.4, 0.5) is 0 Å². The van der Waals surface area contributed by atoms with E-state index >= 15 is 0 Å². The van der Waals surface area contributed by atoms with E-state index in [0.717, 1.165) is 4.90 Å². The summed E-state index contributed by atoms with van der Waals surface area (Å²) in [6, 6.07) is 10.5. The van der Waals surface area contributed by atoms with Crippen molar-refractivity contribution in [2.24, 2.45) is 12.8 Å². The topological polar surface area (TPSA) is 43.8 Å². The van der Waals surface area contributed by atoms with Crippen molar-refractivity contribution in [3.8, 4) is 0 Å². The lowest BCUT2D eigenvalue weighted by Gasteiger charge is -2.19. The predicted octanol–water partition coefficient (Wildman–Crippen LogP) is 2.60. The molecule has 1 heterocycles. The van der Waals surface area contributed by atoms with E-state index in [1.165, 1.54) is 5.56 Å². The van der Waals surface area contributed by atoms with Crippen LogP contribution < -0.4 is 5.73 Å². The van der Waals surface area contributed by atoms with Crippen LogP contribution in [-0.4, -0.2) is 15.8 Å². The Hall–Kier alpha value is -1.26. The van der Waals surface area contributed by atoms with E-state index in [-0.39, 0.29) is 11.3 Å². The van der Waals surface area contributed by atoms with E-state index in [1.54, 1.807) is 11.8 Å². The Kier molecular flexibility index (Phi) is 3.86. The van der Waals surface area contributed by atoms with Crippen LogP contribution in [0.5, 0.6) is 0 Å². The third-order valence-electron chi connectivity index (χ3n) is 2.55. The van der Waals surface area contributed by atoms with Gasteiger partial charge in [0.2, 0.25) is 0 Å². The van der Waals surface area contributed by atoms with Gasteiger partial charge in [-0.2, -0.15) is 5.10 Å². The molecule has 2 N–H and O–H groups in total. The largest absolute Gasteiger partial charge is 0.327 e. The second-order valence-corrected chi connectivity index (χ2v) is 5.37. The molecule has 0 radical (unpaired) electrons. The Balaban J connectivity index is 2.19. The van der Waals surface area contributed by atoms with Crippen LogP contribution in [0.15, 0.2) is 47.6 Å². The molecular weight excluding hydrogens is 230 g/mol. The van der Waals surface area contributed by atoms with Crippen LogP contribution in [-0.2, 0) is 7.05 Å². The van der Waals surface area contributed by atoms with Crippen LogP contribution in [0.3, 0.4) is 0 Å². The lowest BCUT2D eigenvalue weighted by atomic mass is 10.1. The summed E-state index contributed by atoms with van der Waals surface area (Å²) in [5, 5.41) is 4.44. The normalized spacial score (nSPS) is 14.5. The SMILES string of the molecule is CC(N)C(Sc1cnn(C)c1)c1ccccc1. The fourth-order valence-electron chi connectivity index (χ4n) is 1.73. The molecule has 0 spiro atoms. The second kappa shape index (κ2) is 5.38. The summed E-state index contributed by atoms with van der Waals surface area (Å²) in [5.74, 6) is 0. The van der Waals surface area contributed by atoms with Crippen molar-refractivity contribution in [3.05, 3.63) is 48.3 Å². The molecule has 0 saturated heterocycles. The molecule has 0 amide bonds. The first-order valence-electron chi connectivity index (χ1n) is 5.62. The van der Waals surface area contributed by atoms with Gasteiger partial charge in [-0.3, -0.25) is 4.68 Å². The minimum absolute atomic E-state index is 0.0996. The van der Waals surface area contributed by atoms with E-state index in [1.807, 2.05) is 37.1 Å². The fraction of sp³-hybridized carbons (Fsp3) is 0.308. The highest BCUT2D eigenvalue weighted by atomic mass is 32.2. The zero-order chi connectivity index (χ0) is 12.3. The van der Waals surface area contributed by atoms with Crippen molar-refractivity contribution < 1.29 is 0 Å². The fourth-order valence-corrected chi connectivity index (χ4v) is 2.85. The molecule has 17 heavy (non-hydrogen) atoms. The highest BCUT2D eigenvalue weighted by Gasteiger charge is 2.17. The van der Waals surface area contributed by atoms with Crippen LogP contribution >= 0.6 is 11.8 Å². The molecule has 0 saturated carbocycles. The van der Waals surface area contributed by atoms with Gasteiger partial charge in [-0.15, -0.1) is 11.8 Å². The predicted molar refractivity (Wildman–Crippen MR) is 71.9 cm³/mol. The quantitative estimate of drug-likeness (QED) is 0.845. The van der Waals surface area contributed by atoms with Gasteiger partial charge in [-0.25, -0.2) is 0 Å². The molecule has 90 valence electrons. The van der Waals surface area contributed by atoms with Gasteiger partial charge in [-0.1, -0.05) is 30.3 Å². The Morgan fingerprint density at radius 2 is 2.00 bits per heavy atom. The molecule has 2 aromatic rings. The first kappa shape index (κ1) is 12.2. The van der Waals surface area contributed by atoms with Gasteiger partial charge in [0.1, 0.15) is 0 Å². The molecule has 4 heteroatoms. The molecule has 2 rings (SSSR count). The first-order chi connectivity index (χ1) is 8.16. The third kappa shape index (κ3) is 3.11. The van der Waals surface area contributed by atoms with E-state index in [2.05, 4.69) is 29.4 Å². The van der Waals surface area contributed by atoms with Gasteiger partial charge in [-0.05, 0) is 12.5 Å². The van der Waals surface area contributed by atoms with Gasteiger partial charge in [0.15, 0.2) is 0 Å². The molecule has 3 nitrogen and oxygen atoms in total. The maximum Gasteiger partial charge on any atom is 0.0626 e. The van der Waals surface area contributed by atoms with E-state index in [9.17, 15) is 0 Å². The van der Waals surface area contributed by atoms with Crippen molar-refractivity contribution in [3.63, 3.8) is 0 Å². The molecule has 0 aliphatic heterocycles. The lowest BCUT2D eigenvalue weighted by Crippen LogP contribution is -2.22. The molecule has 2 atom stereocenters. The Morgan fingerprint density at radius 3 is 2.53 bits per heavy atom. The molecule has 0 bridgehead atoms. The maximum absolute atomic E-state index is 6.08. The number of hydrogen-bond acceptors (Lipinski definition) is 3. The highest BCUT2D eigenvalue weighted by Crippen LogP contribution is 2.36. The average molecular weight is 247 g/mol. The number of aromatic nitrogens is 2. The number of benzene rings is 1. The molecule has 1 aromatic heterocycles. The number of thioether (sulfide) groups is 1. The monoisotopic (exact) mass is 247 g/mol. The summed E-state index contributed by atoms with van der Waals surface area (Å²) >= 11 is 1.76. The summed E-state index contributed by atoms with van der Waals surface area (Å²) in [4.78, 5) is 1.15. The number of nitrogens with two attached hydrogens (primary N) is 1. The van der Waals surface area contributed by atoms with Crippen molar-refractivity contribution in [1.29, 1.82) is 0 Å². The van der Waals surface area contributed by atoms with Crippen molar-refractivity contribution >= 4 is 11.8 Å². The molecule has 0 fully saturated rings. The van der Waals surface area contributed by atoms with E-state index < -0.39 is 0 Å². The minimum atomic E-state index is 0.0996. The Morgan fingerprint density at radius 1 is 1.29 bits per heavy atom. The highest BCUT2D eigenvalue weighted by molar-refractivity contribution is 7.99. The van der Waals surface area contributed by atoms with Crippen molar-refractivity contribution in [2.75, 3.05) is 0 Å². The van der Waals surface area contributed by atoms with Crippen LogP contribution in [0, 0.1) is 0 Å². The van der Waals surface area contributed by atoms with Gasteiger partial charge in [0.05, 0.1) is 6.20 Å². The zero-order valence-electron chi connectivity index (χ0n) is 10.1. The second-order valence-electron chi connectivity index (χ2n) is 4.16. The smallest absolute Gasteiger partial charge is 0.0626 e. The summed E-state index contributed by atoms with van der Waals surface area (Å²) in [6.45, 7) is 2.04. The summed E-state index contributed by atoms with van der Waals surface area (Å²) in [7, 11) is 1.92. The lowest BCUT2D eigenvalue weighted by molar-refractivity contribution is 0.721.